The number of nitrogens with zero attached hydrogens (tertiary/aromatic N) is 1. The highest BCUT2D eigenvalue weighted by molar-refractivity contribution is 6.35. The van der Waals surface area contributed by atoms with Gasteiger partial charge in [-0.15, -0.1) is 0 Å². The van der Waals surface area contributed by atoms with Crippen LogP contribution in [0.3, 0.4) is 0 Å². The SMILES string of the molecule is CC(C)n1cc(COc2cccc(F)c2)c2cccc(Cl)c21. The predicted molar refractivity (Wildman–Crippen MR) is 88.1 cm³/mol. The van der Waals surface area contributed by atoms with Gasteiger partial charge in [-0.05, 0) is 32.0 Å². The molecule has 0 aliphatic carbocycles. The number of aromatic nitrogens is 1. The average Bonchev–Trinajstić information content (AvgIpc) is 2.86. The molecule has 2 nitrogen and oxygen atoms in total. The Hall–Kier alpha value is -2.00. The summed E-state index contributed by atoms with van der Waals surface area (Å²) in [4.78, 5) is 0. The average molecular weight is 318 g/mol. The fraction of sp³-hybridized carbons (Fsp3) is 0.222. The molecule has 0 spiro atoms. The van der Waals surface area contributed by atoms with Crippen LogP contribution >= 0.6 is 11.6 Å². The number of benzene rings is 2. The fourth-order valence-corrected chi connectivity index (χ4v) is 2.85. The van der Waals surface area contributed by atoms with Crippen LogP contribution < -0.4 is 4.74 Å². The van der Waals surface area contributed by atoms with Crippen LogP contribution in [0.25, 0.3) is 10.9 Å². The molecule has 0 amide bonds. The van der Waals surface area contributed by atoms with Gasteiger partial charge in [0.05, 0.1) is 10.5 Å². The molecule has 0 bridgehead atoms. The number of ether oxygens (including phenoxy) is 1. The molecule has 0 atom stereocenters. The molecule has 1 aromatic heterocycles. The number of hydrogen-bond acceptors (Lipinski definition) is 1. The Morgan fingerprint density at radius 2 is 1.95 bits per heavy atom. The second kappa shape index (κ2) is 6.01. The molecular weight excluding hydrogens is 301 g/mol. The Morgan fingerprint density at radius 1 is 1.18 bits per heavy atom. The molecule has 114 valence electrons. The highest BCUT2D eigenvalue weighted by Gasteiger charge is 2.13. The molecule has 3 aromatic rings. The van der Waals surface area contributed by atoms with Crippen molar-refractivity contribution in [2.24, 2.45) is 0 Å². The largest absolute Gasteiger partial charge is 0.489 e. The third-order valence-corrected chi connectivity index (χ3v) is 3.94. The minimum absolute atomic E-state index is 0.297. The lowest BCUT2D eigenvalue weighted by Gasteiger charge is -2.09. The molecule has 4 heteroatoms. The molecule has 0 saturated carbocycles. The van der Waals surface area contributed by atoms with Crippen molar-refractivity contribution < 1.29 is 9.13 Å². The van der Waals surface area contributed by atoms with Gasteiger partial charge in [-0.25, -0.2) is 4.39 Å². The van der Waals surface area contributed by atoms with E-state index in [2.05, 4.69) is 24.6 Å². The summed E-state index contributed by atoms with van der Waals surface area (Å²) in [7, 11) is 0. The van der Waals surface area contributed by atoms with E-state index in [1.807, 2.05) is 18.2 Å². The molecular formula is C18H17ClFNO. The molecule has 1 heterocycles. The van der Waals surface area contributed by atoms with Crippen LogP contribution in [0.5, 0.6) is 5.75 Å². The van der Waals surface area contributed by atoms with Gasteiger partial charge in [0.1, 0.15) is 18.2 Å². The Bertz CT molecular complexity index is 810. The van der Waals surface area contributed by atoms with E-state index in [-0.39, 0.29) is 5.82 Å². The Kier molecular flexibility index (Phi) is 4.08. The van der Waals surface area contributed by atoms with Crippen molar-refractivity contribution in [2.75, 3.05) is 0 Å². The first-order chi connectivity index (χ1) is 10.6. The number of para-hydroxylation sites is 1. The molecule has 0 saturated heterocycles. The van der Waals surface area contributed by atoms with Crippen LogP contribution in [0, 0.1) is 5.82 Å². The lowest BCUT2D eigenvalue weighted by atomic mass is 10.2. The Morgan fingerprint density at radius 3 is 2.68 bits per heavy atom. The zero-order valence-corrected chi connectivity index (χ0v) is 13.3. The maximum absolute atomic E-state index is 13.2. The summed E-state index contributed by atoms with van der Waals surface area (Å²) in [6.45, 7) is 4.60. The summed E-state index contributed by atoms with van der Waals surface area (Å²) in [5.74, 6) is 0.220. The third kappa shape index (κ3) is 2.81. The van der Waals surface area contributed by atoms with Gasteiger partial charge in [-0.3, -0.25) is 0 Å². The van der Waals surface area contributed by atoms with Gasteiger partial charge in [0, 0.05) is 29.3 Å². The van der Waals surface area contributed by atoms with Crippen molar-refractivity contribution in [3.8, 4) is 5.75 Å². The van der Waals surface area contributed by atoms with Crippen molar-refractivity contribution in [1.29, 1.82) is 0 Å². The minimum Gasteiger partial charge on any atom is -0.489 e. The van der Waals surface area contributed by atoms with E-state index in [4.69, 9.17) is 16.3 Å². The molecule has 2 aromatic carbocycles. The van der Waals surface area contributed by atoms with Crippen molar-refractivity contribution in [3.05, 3.63) is 65.1 Å². The summed E-state index contributed by atoms with van der Waals surface area (Å²) < 4.78 is 21.1. The number of rotatable bonds is 4. The van der Waals surface area contributed by atoms with E-state index in [9.17, 15) is 4.39 Å². The first-order valence-corrected chi connectivity index (χ1v) is 7.60. The van der Waals surface area contributed by atoms with E-state index in [1.54, 1.807) is 12.1 Å². The van der Waals surface area contributed by atoms with Gasteiger partial charge < -0.3 is 9.30 Å². The van der Waals surface area contributed by atoms with E-state index in [0.29, 0.717) is 18.4 Å². The zero-order valence-electron chi connectivity index (χ0n) is 12.5. The minimum atomic E-state index is -0.301. The van der Waals surface area contributed by atoms with E-state index >= 15 is 0 Å². The number of fused-ring (bicyclic) bond motifs is 1. The van der Waals surface area contributed by atoms with Crippen LogP contribution in [0.1, 0.15) is 25.5 Å². The molecule has 0 fully saturated rings. The second-order valence-electron chi connectivity index (χ2n) is 5.54. The number of hydrogen-bond donors (Lipinski definition) is 0. The lowest BCUT2D eigenvalue weighted by molar-refractivity contribution is 0.305. The predicted octanol–water partition coefficient (Wildman–Crippen LogP) is 5.59. The van der Waals surface area contributed by atoms with Crippen molar-refractivity contribution in [3.63, 3.8) is 0 Å². The summed E-state index contributed by atoms with van der Waals surface area (Å²) >= 11 is 6.35. The maximum Gasteiger partial charge on any atom is 0.126 e. The first-order valence-electron chi connectivity index (χ1n) is 7.22. The van der Waals surface area contributed by atoms with E-state index in [0.717, 1.165) is 21.5 Å². The van der Waals surface area contributed by atoms with Crippen LogP contribution in [-0.4, -0.2) is 4.57 Å². The van der Waals surface area contributed by atoms with Gasteiger partial charge in [0.25, 0.3) is 0 Å². The monoisotopic (exact) mass is 317 g/mol. The topological polar surface area (TPSA) is 14.2 Å². The van der Waals surface area contributed by atoms with Gasteiger partial charge in [0.15, 0.2) is 0 Å². The summed E-state index contributed by atoms with van der Waals surface area (Å²) in [5, 5.41) is 1.79. The lowest BCUT2D eigenvalue weighted by Crippen LogP contribution is -1.99. The number of halogens is 2. The quantitative estimate of drug-likeness (QED) is 0.611. The molecule has 22 heavy (non-hydrogen) atoms. The van der Waals surface area contributed by atoms with Crippen molar-refractivity contribution >= 4 is 22.5 Å². The molecule has 0 radical (unpaired) electrons. The normalized spacial score (nSPS) is 11.3. The maximum atomic E-state index is 13.2. The van der Waals surface area contributed by atoms with Crippen LogP contribution in [0.15, 0.2) is 48.7 Å². The zero-order chi connectivity index (χ0) is 15.7. The molecule has 0 unspecified atom stereocenters. The van der Waals surface area contributed by atoms with Crippen LogP contribution in [0.2, 0.25) is 5.02 Å². The molecule has 3 rings (SSSR count). The highest BCUT2D eigenvalue weighted by Crippen LogP contribution is 2.31. The van der Waals surface area contributed by atoms with Crippen molar-refractivity contribution in [2.45, 2.75) is 26.5 Å². The van der Waals surface area contributed by atoms with E-state index in [1.165, 1.54) is 12.1 Å². The second-order valence-corrected chi connectivity index (χ2v) is 5.94. The standard InChI is InChI=1S/C18H17ClFNO/c1-12(2)21-10-13(16-7-4-8-17(19)18(16)21)11-22-15-6-3-5-14(20)9-15/h3-10,12H,11H2,1-2H3. The van der Waals surface area contributed by atoms with Gasteiger partial charge in [-0.1, -0.05) is 29.8 Å². The van der Waals surface area contributed by atoms with Crippen molar-refractivity contribution in [1.82, 2.24) is 4.57 Å². The van der Waals surface area contributed by atoms with Gasteiger partial charge >= 0.3 is 0 Å². The molecule has 0 aliphatic heterocycles. The summed E-state index contributed by atoms with van der Waals surface area (Å²) in [5.41, 5.74) is 2.05. The smallest absolute Gasteiger partial charge is 0.126 e. The van der Waals surface area contributed by atoms with Gasteiger partial charge in [-0.2, -0.15) is 0 Å². The van der Waals surface area contributed by atoms with Gasteiger partial charge in [0.2, 0.25) is 0 Å². The highest BCUT2D eigenvalue weighted by atomic mass is 35.5. The summed E-state index contributed by atoms with van der Waals surface area (Å²) in [6.07, 6.45) is 2.06. The molecule has 0 N–H and O–H groups in total. The first kappa shape index (κ1) is 14.9. The van der Waals surface area contributed by atoms with Crippen LogP contribution in [0.4, 0.5) is 4.39 Å². The third-order valence-electron chi connectivity index (χ3n) is 3.63. The van der Waals surface area contributed by atoms with Crippen LogP contribution in [-0.2, 0) is 6.61 Å². The Labute approximate surface area is 134 Å². The fourth-order valence-electron chi connectivity index (χ4n) is 2.58. The van der Waals surface area contributed by atoms with E-state index < -0.39 is 0 Å². The molecule has 0 aliphatic rings. The Balaban J connectivity index is 1.96. The summed E-state index contributed by atoms with van der Waals surface area (Å²) in [6, 6.07) is 12.3.